The van der Waals surface area contributed by atoms with E-state index in [4.69, 9.17) is 17.1 Å². The van der Waals surface area contributed by atoms with Crippen molar-refractivity contribution in [2.45, 2.75) is 18.8 Å². The quantitative estimate of drug-likeness (QED) is 0.481. The minimum Gasteiger partial charge on any atom is -0.481 e. The molecular weight excluding hydrogens is 138 g/mol. The fourth-order valence-electron chi connectivity index (χ4n) is 0.235. The van der Waals surface area contributed by atoms with Crippen molar-refractivity contribution in [1.29, 1.82) is 0 Å². The van der Waals surface area contributed by atoms with Crippen LogP contribution in [0.1, 0.15) is 16.9 Å². The van der Waals surface area contributed by atoms with Gasteiger partial charge in [0.1, 0.15) is 8.84 Å². The maximum Gasteiger partial charge on any atom is 0.320 e. The van der Waals surface area contributed by atoms with E-state index in [2.05, 4.69) is 0 Å². The Bertz CT molecular complexity index is 283. The molecule has 0 saturated heterocycles. The van der Waals surface area contributed by atoms with Crippen LogP contribution in [0.15, 0.2) is 0 Å². The minimum atomic E-state index is -3.29. The molecule has 0 saturated carbocycles. The van der Waals surface area contributed by atoms with Crippen molar-refractivity contribution in [3.05, 3.63) is 0 Å². The molecule has 5 nitrogen and oxygen atoms in total. The summed E-state index contributed by atoms with van der Waals surface area (Å²) in [6.45, 7) is 0. The summed E-state index contributed by atoms with van der Waals surface area (Å²) in [5.74, 6) is -3.75. The largest absolute Gasteiger partial charge is 0.481 e. The van der Waals surface area contributed by atoms with Gasteiger partial charge in [-0.2, -0.15) is 0 Å². The molecule has 0 spiro atoms. The molecule has 0 aromatic carbocycles. The van der Waals surface area contributed by atoms with E-state index in [1.165, 1.54) is 0 Å². The first-order valence-corrected chi connectivity index (χ1v) is 2.29. The van der Waals surface area contributed by atoms with Crippen LogP contribution >= 0.6 is 0 Å². The van der Waals surface area contributed by atoms with E-state index in [-0.39, 0.29) is 0 Å². The van der Waals surface area contributed by atoms with Crippen molar-refractivity contribution in [1.82, 2.24) is 0 Å². The van der Waals surface area contributed by atoms with Gasteiger partial charge in [0.05, 0.1) is 1.37 Å². The zero-order valence-corrected chi connectivity index (χ0v) is 4.87. The van der Waals surface area contributed by atoms with Crippen LogP contribution in [0.25, 0.3) is 0 Å². The molecule has 0 aromatic rings. The first kappa shape index (κ1) is 3.34. The molecule has 0 aliphatic carbocycles. The second-order valence-corrected chi connectivity index (χ2v) is 1.40. The van der Waals surface area contributed by atoms with Crippen LogP contribution in [0, 0.1) is 0 Å². The van der Waals surface area contributed by atoms with Gasteiger partial charge in [-0.25, -0.2) is 0 Å². The zero-order valence-electron chi connectivity index (χ0n) is 9.87. The van der Waals surface area contributed by atoms with Gasteiger partial charge in [0, 0.05) is 9.16 Å². The smallest absolute Gasteiger partial charge is 0.320 e. The average molecular weight is 152 g/mol. The van der Waals surface area contributed by atoms with E-state index in [9.17, 15) is 9.59 Å². The van der Waals surface area contributed by atoms with Gasteiger partial charge >= 0.3 is 11.9 Å². The highest BCUT2D eigenvalue weighted by molar-refractivity contribution is 5.74. The van der Waals surface area contributed by atoms with Gasteiger partial charge in [0.2, 0.25) is 0 Å². The molecule has 0 amide bonds. The molecule has 1 unspecified atom stereocenters. The van der Waals surface area contributed by atoms with Crippen LogP contribution in [-0.4, -0.2) is 28.2 Å². The SMILES string of the molecule is [2H]N([2H])C([2H])(C(=O)O)C([2H])([2H])CC(=O)O. The van der Waals surface area contributed by atoms with Gasteiger partial charge in [-0.3, -0.25) is 9.59 Å². The van der Waals surface area contributed by atoms with Gasteiger partial charge < -0.3 is 15.9 Å². The Kier molecular flexibility index (Phi) is 1.28. The zero-order chi connectivity index (χ0) is 12.4. The number of hydrogen-bond donors (Lipinski definition) is 3. The molecule has 0 aromatic heterocycles. The van der Waals surface area contributed by atoms with Gasteiger partial charge in [0.25, 0.3) is 0 Å². The number of nitrogens with two attached hydrogens (primary N) is 1. The van der Waals surface area contributed by atoms with Crippen molar-refractivity contribution in [2.75, 3.05) is 0 Å². The van der Waals surface area contributed by atoms with Crippen molar-refractivity contribution in [3.63, 3.8) is 0 Å². The molecule has 1 atom stereocenters. The Morgan fingerprint density at radius 2 is 2.40 bits per heavy atom. The average Bonchev–Trinajstić information content (AvgIpc) is 1.98. The Balaban J connectivity index is 5.25. The number of carbonyl (C=O) groups is 2. The lowest BCUT2D eigenvalue weighted by atomic mass is 10.2. The van der Waals surface area contributed by atoms with Crippen LogP contribution in [-0.2, 0) is 9.59 Å². The number of rotatable bonds is 5. The molecule has 0 bridgehead atoms. The summed E-state index contributed by atoms with van der Waals surface area (Å²) >= 11 is 0. The third kappa shape index (κ3) is 3.85. The van der Waals surface area contributed by atoms with Gasteiger partial charge in [0.15, 0.2) is 0 Å². The maximum atomic E-state index is 10.6. The normalized spacial score (nSPS) is 24.7. The third-order valence-corrected chi connectivity index (χ3v) is 0.610. The molecule has 5 heteroatoms. The van der Waals surface area contributed by atoms with Gasteiger partial charge in [-0.1, -0.05) is 0 Å². The van der Waals surface area contributed by atoms with E-state index in [1.54, 1.807) is 0 Å². The number of carboxylic acids is 2. The van der Waals surface area contributed by atoms with Crippen LogP contribution in [0.4, 0.5) is 0 Å². The summed E-state index contributed by atoms with van der Waals surface area (Å²) in [4.78, 5) is 20.8. The summed E-state index contributed by atoms with van der Waals surface area (Å²) in [5, 5.41) is 16.9. The van der Waals surface area contributed by atoms with Crippen molar-refractivity contribution >= 4 is 11.9 Å². The second-order valence-electron chi connectivity index (χ2n) is 1.40. The summed E-state index contributed by atoms with van der Waals surface area (Å²) in [6.07, 6.45) is -4.34. The summed E-state index contributed by atoms with van der Waals surface area (Å²) in [7, 11) is 0. The van der Waals surface area contributed by atoms with Crippen molar-refractivity contribution < 1.29 is 26.7 Å². The predicted octanol–water partition coefficient (Wildman–Crippen LogP) is -0.737. The maximum absolute atomic E-state index is 10.6. The van der Waals surface area contributed by atoms with Crippen LogP contribution < -0.4 is 5.72 Å². The van der Waals surface area contributed by atoms with Crippen LogP contribution in [0.2, 0.25) is 2.82 Å². The standard InChI is InChI=1S/C5H9NO4/c6-3(5(9)10)1-2-4(7)8/h3H,1-2,6H2,(H,7,8)(H,9,10)/i1D2,3D/hD2. The van der Waals surface area contributed by atoms with Crippen LogP contribution in [0.3, 0.4) is 0 Å². The molecule has 0 fully saturated rings. The fraction of sp³-hybridized carbons (Fsp3) is 0.600. The lowest BCUT2D eigenvalue weighted by Crippen LogP contribution is -2.30. The Morgan fingerprint density at radius 3 is 2.70 bits per heavy atom. The molecule has 0 radical (unpaired) electrons. The molecule has 0 rings (SSSR count). The van der Waals surface area contributed by atoms with Gasteiger partial charge in [-0.05, 0) is 6.37 Å². The van der Waals surface area contributed by atoms with E-state index in [0.717, 1.165) is 0 Å². The van der Waals surface area contributed by atoms with E-state index in [1.807, 2.05) is 0 Å². The van der Waals surface area contributed by atoms with Gasteiger partial charge in [-0.15, -0.1) is 0 Å². The first-order valence-electron chi connectivity index (χ1n) is 4.68. The van der Waals surface area contributed by atoms with E-state index < -0.39 is 36.5 Å². The summed E-state index contributed by atoms with van der Waals surface area (Å²) < 4.78 is 34.7. The number of aliphatic carboxylic acids is 2. The molecule has 0 heterocycles. The second kappa shape index (κ2) is 3.84. The molecule has 0 aliphatic rings. The monoisotopic (exact) mass is 152 g/mol. The topological polar surface area (TPSA) is 101 Å². The molecule has 0 aliphatic heterocycles. The lowest BCUT2D eigenvalue weighted by Gasteiger charge is -2.01. The predicted molar refractivity (Wildman–Crippen MR) is 32.5 cm³/mol. The lowest BCUT2D eigenvalue weighted by molar-refractivity contribution is -0.139. The summed E-state index contributed by atoms with van der Waals surface area (Å²) in [5.41, 5.74) is -0.668. The molecular formula is C5H9NO4. The minimum absolute atomic E-state index is 0.668. The van der Waals surface area contributed by atoms with Crippen molar-refractivity contribution in [3.8, 4) is 0 Å². The molecule has 58 valence electrons. The third-order valence-electron chi connectivity index (χ3n) is 0.610. The van der Waals surface area contributed by atoms with Crippen molar-refractivity contribution in [2.24, 2.45) is 5.72 Å². The Hall–Kier alpha value is -1.10. The van der Waals surface area contributed by atoms with E-state index in [0.29, 0.717) is 0 Å². The fourth-order valence-corrected chi connectivity index (χ4v) is 0.235. The highest BCUT2D eigenvalue weighted by Gasteiger charge is 2.12. The highest BCUT2D eigenvalue weighted by atomic mass is 16.4. The highest BCUT2D eigenvalue weighted by Crippen LogP contribution is 1.93. The molecule has 10 heavy (non-hydrogen) atoms. The molecule has 4 N–H and O–H groups in total. The number of hydrogen-bond acceptors (Lipinski definition) is 3. The van der Waals surface area contributed by atoms with E-state index >= 15 is 0 Å². The summed E-state index contributed by atoms with van der Waals surface area (Å²) in [6, 6.07) is -3.29. The Labute approximate surface area is 64.6 Å². The Morgan fingerprint density at radius 1 is 1.80 bits per heavy atom. The first-order chi connectivity index (χ1) is 6.55. The van der Waals surface area contributed by atoms with Crippen LogP contribution in [0.5, 0.6) is 0 Å². The number of carboxylic acid groups (broad SMARTS) is 2.